The Kier molecular flexibility index (Phi) is 6.76. The van der Waals surface area contributed by atoms with E-state index in [1.807, 2.05) is 4.90 Å². The third-order valence-corrected chi connectivity index (χ3v) is 6.64. The van der Waals surface area contributed by atoms with E-state index in [-0.39, 0.29) is 42.4 Å². The van der Waals surface area contributed by atoms with Gasteiger partial charge >= 0.3 is 5.92 Å². The van der Waals surface area contributed by atoms with Gasteiger partial charge in [0, 0.05) is 28.6 Å². The number of benzene rings is 2. The second kappa shape index (κ2) is 9.84. The second-order valence-corrected chi connectivity index (χ2v) is 9.35. The second-order valence-electron chi connectivity index (χ2n) is 8.92. The minimum atomic E-state index is -4.06. The van der Waals surface area contributed by atoms with E-state index in [1.54, 1.807) is 0 Å². The number of carbonyl (C=O) groups excluding carboxylic acids is 1. The highest BCUT2D eigenvalue weighted by Crippen LogP contribution is 2.37. The summed E-state index contributed by atoms with van der Waals surface area (Å²) in [5, 5.41) is 14.0. The topological polar surface area (TPSA) is 84.2 Å². The van der Waals surface area contributed by atoms with Gasteiger partial charge in [-0.15, -0.1) is 0 Å². The van der Waals surface area contributed by atoms with Gasteiger partial charge in [-0.05, 0) is 56.3 Å². The van der Waals surface area contributed by atoms with E-state index in [9.17, 15) is 14.3 Å². The Balaban J connectivity index is 1.42. The minimum Gasteiger partial charge on any atom is -0.486 e. The molecule has 1 fully saturated rings. The van der Waals surface area contributed by atoms with Gasteiger partial charge in [0.15, 0.2) is 17.3 Å². The number of amides is 1. The van der Waals surface area contributed by atoms with Crippen molar-refractivity contribution in [3.05, 3.63) is 58.6 Å². The van der Waals surface area contributed by atoms with Crippen LogP contribution in [0.2, 0.25) is 5.02 Å². The summed E-state index contributed by atoms with van der Waals surface area (Å²) in [7, 11) is 0. The lowest BCUT2D eigenvalue weighted by molar-refractivity contribution is -0.151. The molecule has 7 nitrogen and oxygen atoms in total. The predicted molar refractivity (Wildman–Crippen MR) is 125 cm³/mol. The number of ether oxygens (including phenoxy) is 2. The number of nitrogens with zero attached hydrogens (tertiary/aromatic N) is 1. The molecule has 1 saturated heterocycles. The molecule has 11 heteroatoms. The Hall–Kier alpha value is -2.95. The molecule has 0 saturated carbocycles. The summed E-state index contributed by atoms with van der Waals surface area (Å²) in [5.41, 5.74) is -0.0423. The molecule has 2 N–H and O–H groups in total. The molecule has 3 aromatic rings. The summed E-state index contributed by atoms with van der Waals surface area (Å²) < 4.78 is 61.3. The van der Waals surface area contributed by atoms with E-state index >= 15 is 8.78 Å². The van der Waals surface area contributed by atoms with Crippen molar-refractivity contribution in [3.63, 3.8) is 0 Å². The van der Waals surface area contributed by atoms with Crippen LogP contribution in [0, 0.1) is 5.82 Å². The largest absolute Gasteiger partial charge is 0.486 e. The van der Waals surface area contributed by atoms with Gasteiger partial charge in [0.05, 0.1) is 6.04 Å². The summed E-state index contributed by atoms with van der Waals surface area (Å²) >= 11 is 5.92. The highest BCUT2D eigenvalue weighted by atomic mass is 35.5. The third kappa shape index (κ3) is 4.85. The molecule has 192 valence electrons. The van der Waals surface area contributed by atoms with Gasteiger partial charge in [-0.2, -0.15) is 8.78 Å². The van der Waals surface area contributed by atoms with E-state index in [1.165, 1.54) is 24.3 Å². The summed E-state index contributed by atoms with van der Waals surface area (Å²) in [6.45, 7) is 1.89. The molecule has 0 radical (unpaired) electrons. The van der Waals surface area contributed by atoms with Crippen LogP contribution in [0.4, 0.5) is 13.2 Å². The first-order valence-corrected chi connectivity index (χ1v) is 12.0. The Morgan fingerprint density at radius 2 is 1.81 bits per heavy atom. The molecule has 2 aromatic carbocycles. The fraction of sp³-hybridized carbons (Fsp3) is 0.400. The highest BCUT2D eigenvalue weighted by Gasteiger charge is 2.46. The molecule has 1 aromatic heterocycles. The van der Waals surface area contributed by atoms with Crippen LogP contribution in [0.3, 0.4) is 0 Å². The number of fused-ring (bicyclic) bond motifs is 2. The zero-order valence-electron chi connectivity index (χ0n) is 19.1. The average molecular weight is 525 g/mol. The molecule has 5 rings (SSSR count). The first kappa shape index (κ1) is 24.7. The van der Waals surface area contributed by atoms with Crippen LogP contribution < -0.4 is 14.8 Å². The van der Waals surface area contributed by atoms with Crippen LogP contribution in [0.1, 0.15) is 30.3 Å². The molecular formula is C25H24ClF3N2O5. The van der Waals surface area contributed by atoms with Gasteiger partial charge in [-0.25, -0.2) is 4.39 Å². The van der Waals surface area contributed by atoms with Crippen molar-refractivity contribution in [2.24, 2.45) is 0 Å². The van der Waals surface area contributed by atoms with Gasteiger partial charge in [0.2, 0.25) is 0 Å². The minimum absolute atomic E-state index is 0.0482. The first-order chi connectivity index (χ1) is 17.2. The number of furan rings is 1. The van der Waals surface area contributed by atoms with Crippen LogP contribution >= 0.6 is 11.6 Å². The number of rotatable bonds is 7. The van der Waals surface area contributed by atoms with E-state index in [0.717, 1.165) is 25.0 Å². The van der Waals surface area contributed by atoms with Crippen molar-refractivity contribution in [2.75, 3.05) is 32.8 Å². The molecule has 36 heavy (non-hydrogen) atoms. The van der Waals surface area contributed by atoms with Crippen molar-refractivity contribution < 1.29 is 37.0 Å². The zero-order chi connectivity index (χ0) is 25.4. The first-order valence-electron chi connectivity index (χ1n) is 11.6. The van der Waals surface area contributed by atoms with Crippen molar-refractivity contribution in [2.45, 2.75) is 30.9 Å². The maximum Gasteiger partial charge on any atom is 0.380 e. The number of likely N-dealkylation sites (tertiary alicyclic amines) is 1. The molecule has 2 aliphatic heterocycles. The van der Waals surface area contributed by atoms with Crippen molar-refractivity contribution >= 4 is 28.5 Å². The van der Waals surface area contributed by atoms with Crippen molar-refractivity contribution in [1.82, 2.24) is 10.2 Å². The molecule has 0 bridgehead atoms. The van der Waals surface area contributed by atoms with Crippen LogP contribution in [0.15, 0.2) is 40.8 Å². The maximum atomic E-state index is 15.2. The normalized spacial score (nSPS) is 17.8. The van der Waals surface area contributed by atoms with Crippen LogP contribution in [-0.4, -0.2) is 54.8 Å². The molecule has 2 unspecified atom stereocenters. The third-order valence-electron chi connectivity index (χ3n) is 6.40. The Morgan fingerprint density at radius 3 is 2.53 bits per heavy atom. The molecule has 1 amide bonds. The summed E-state index contributed by atoms with van der Waals surface area (Å²) in [6.07, 6.45) is 0.162. The summed E-state index contributed by atoms with van der Waals surface area (Å²) in [6, 6.07) is 6.53. The Morgan fingerprint density at radius 1 is 1.11 bits per heavy atom. The standard InChI is InChI=1S/C25H24ClF3N2O5/c26-15-3-4-19-14(9-15)10-22(36-19)25(28,29)24(33)30-18(13-31-5-1-2-6-31)23(32)16-11-20-21(12-17(16)27)35-8-7-34-20/h3-4,9-12,18,23,32H,1-2,5-8,13H2,(H,30,33). The van der Waals surface area contributed by atoms with E-state index in [4.69, 9.17) is 25.5 Å². The van der Waals surface area contributed by atoms with Crippen LogP contribution in [-0.2, 0) is 10.7 Å². The van der Waals surface area contributed by atoms with Gasteiger partial charge < -0.3 is 29.2 Å². The molecule has 0 aliphatic carbocycles. The molecule has 2 atom stereocenters. The van der Waals surface area contributed by atoms with Gasteiger partial charge in [0.1, 0.15) is 30.7 Å². The number of hydrogen-bond donors (Lipinski definition) is 2. The number of hydrogen-bond acceptors (Lipinski definition) is 6. The molecule has 0 spiro atoms. The monoisotopic (exact) mass is 524 g/mol. The summed E-state index contributed by atoms with van der Waals surface area (Å²) in [4.78, 5) is 14.8. The van der Waals surface area contributed by atoms with Crippen molar-refractivity contribution in [1.29, 1.82) is 0 Å². The van der Waals surface area contributed by atoms with Gasteiger partial charge in [0.25, 0.3) is 5.91 Å². The zero-order valence-corrected chi connectivity index (χ0v) is 19.9. The number of aliphatic hydroxyl groups excluding tert-OH is 1. The van der Waals surface area contributed by atoms with Gasteiger partial charge in [-0.3, -0.25) is 4.79 Å². The lowest BCUT2D eigenvalue weighted by atomic mass is 9.99. The number of aliphatic hydroxyl groups is 1. The molecular weight excluding hydrogens is 501 g/mol. The van der Waals surface area contributed by atoms with Gasteiger partial charge in [-0.1, -0.05) is 11.6 Å². The van der Waals surface area contributed by atoms with E-state index < -0.39 is 35.6 Å². The fourth-order valence-electron chi connectivity index (χ4n) is 4.53. The highest BCUT2D eigenvalue weighted by molar-refractivity contribution is 6.31. The average Bonchev–Trinajstić information content (AvgIpc) is 3.52. The number of carbonyl (C=O) groups is 1. The number of halogens is 4. The Labute approximate surface area is 209 Å². The van der Waals surface area contributed by atoms with Crippen molar-refractivity contribution in [3.8, 4) is 11.5 Å². The molecule has 3 heterocycles. The number of nitrogens with one attached hydrogen (secondary N) is 1. The fourth-order valence-corrected chi connectivity index (χ4v) is 4.71. The smallest absolute Gasteiger partial charge is 0.380 e. The lowest BCUT2D eigenvalue weighted by Gasteiger charge is -2.30. The molecule has 2 aliphatic rings. The Bertz CT molecular complexity index is 1280. The predicted octanol–water partition coefficient (Wildman–Crippen LogP) is 4.40. The SMILES string of the molecule is O=C(NC(CN1CCCC1)C(O)c1cc2c(cc1F)OCCO2)C(F)(F)c1cc2cc(Cl)ccc2o1. The summed E-state index contributed by atoms with van der Waals surface area (Å²) in [5.74, 6) is -6.97. The van der Waals surface area contributed by atoms with Crippen LogP contribution in [0.25, 0.3) is 11.0 Å². The van der Waals surface area contributed by atoms with E-state index in [0.29, 0.717) is 23.5 Å². The quantitative estimate of drug-likeness (QED) is 0.476. The number of alkyl halides is 2. The van der Waals surface area contributed by atoms with Crippen LogP contribution in [0.5, 0.6) is 11.5 Å². The van der Waals surface area contributed by atoms with E-state index in [2.05, 4.69) is 5.32 Å². The lowest BCUT2D eigenvalue weighted by Crippen LogP contribution is -2.51. The maximum absolute atomic E-state index is 15.2.